The van der Waals surface area contributed by atoms with Crippen LogP contribution in [0.15, 0.2) is 24.3 Å². The molecule has 0 heterocycles. The van der Waals surface area contributed by atoms with Crippen LogP contribution in [0.3, 0.4) is 0 Å². The Labute approximate surface area is 68.4 Å². The zero-order valence-electron chi connectivity index (χ0n) is 7.25. The molecule has 1 aliphatic rings. The lowest BCUT2D eigenvalue weighted by Crippen LogP contribution is -2.26. The highest BCUT2D eigenvalue weighted by Crippen LogP contribution is 2.35. The van der Waals surface area contributed by atoms with E-state index in [-0.39, 0.29) is 11.5 Å². The lowest BCUT2D eigenvalue weighted by Gasteiger charge is -2.25. The van der Waals surface area contributed by atoms with Gasteiger partial charge in [-0.05, 0) is 19.8 Å². The van der Waals surface area contributed by atoms with Crippen molar-refractivity contribution in [2.75, 3.05) is 0 Å². The lowest BCUT2D eigenvalue weighted by molar-refractivity contribution is 0.112. The van der Waals surface area contributed by atoms with Gasteiger partial charge in [-0.25, -0.2) is 0 Å². The molecule has 1 N–H and O–H groups in total. The lowest BCUT2D eigenvalue weighted by atomic mass is 9.84. The third kappa shape index (κ3) is 1.72. The highest BCUT2D eigenvalue weighted by molar-refractivity contribution is 5.12. The van der Waals surface area contributed by atoms with E-state index in [1.54, 1.807) is 0 Å². The molecular formula is C10H16O. The third-order valence-electron chi connectivity index (χ3n) is 2.40. The smallest absolute Gasteiger partial charge is 0.0808 e. The minimum absolute atomic E-state index is 0.00743. The first-order chi connectivity index (χ1) is 5.19. The summed E-state index contributed by atoms with van der Waals surface area (Å²) < 4.78 is 0. The molecule has 2 unspecified atom stereocenters. The predicted octanol–water partition coefficient (Wildman–Crippen LogP) is 2.28. The Kier molecular flexibility index (Phi) is 2.50. The molecule has 0 amide bonds. The number of hydrogen-bond donors (Lipinski definition) is 1. The van der Waals surface area contributed by atoms with Gasteiger partial charge in [-0.2, -0.15) is 0 Å². The molecule has 2 atom stereocenters. The van der Waals surface area contributed by atoms with Crippen LogP contribution in [-0.2, 0) is 0 Å². The van der Waals surface area contributed by atoms with Crippen LogP contribution in [-0.4, -0.2) is 11.2 Å². The summed E-state index contributed by atoms with van der Waals surface area (Å²) in [6.45, 7) is 4.03. The average molecular weight is 152 g/mol. The fraction of sp³-hybridized carbons (Fsp3) is 0.600. The molecule has 0 aromatic carbocycles. The molecule has 11 heavy (non-hydrogen) atoms. The van der Waals surface area contributed by atoms with E-state index in [1.807, 2.05) is 19.1 Å². The van der Waals surface area contributed by atoms with E-state index >= 15 is 0 Å². The van der Waals surface area contributed by atoms with Crippen LogP contribution in [0, 0.1) is 5.41 Å². The van der Waals surface area contributed by atoms with E-state index in [0.29, 0.717) is 0 Å². The third-order valence-corrected chi connectivity index (χ3v) is 2.40. The molecule has 1 aliphatic carbocycles. The zero-order chi connectivity index (χ0) is 8.32. The predicted molar refractivity (Wildman–Crippen MR) is 47.3 cm³/mol. The van der Waals surface area contributed by atoms with Crippen LogP contribution in [0.1, 0.15) is 26.7 Å². The van der Waals surface area contributed by atoms with Gasteiger partial charge in [0, 0.05) is 5.41 Å². The first kappa shape index (κ1) is 8.54. The number of allylic oxidation sites excluding steroid dienone is 2. The summed E-state index contributed by atoms with van der Waals surface area (Å²) in [6, 6.07) is 0. The van der Waals surface area contributed by atoms with Crippen LogP contribution in [0.5, 0.6) is 0 Å². The molecule has 1 rings (SSSR count). The van der Waals surface area contributed by atoms with Crippen molar-refractivity contribution in [3.63, 3.8) is 0 Å². The molecule has 0 aliphatic heterocycles. The van der Waals surface area contributed by atoms with Crippen LogP contribution in [0.25, 0.3) is 0 Å². The topological polar surface area (TPSA) is 20.2 Å². The molecule has 0 bridgehead atoms. The van der Waals surface area contributed by atoms with Crippen LogP contribution >= 0.6 is 0 Å². The van der Waals surface area contributed by atoms with Gasteiger partial charge < -0.3 is 5.11 Å². The molecule has 0 aromatic heterocycles. The first-order valence-electron chi connectivity index (χ1n) is 4.17. The van der Waals surface area contributed by atoms with E-state index in [4.69, 9.17) is 0 Å². The Morgan fingerprint density at radius 1 is 1.64 bits per heavy atom. The summed E-state index contributed by atoms with van der Waals surface area (Å²) >= 11 is 0. The largest absolute Gasteiger partial charge is 0.388 e. The van der Waals surface area contributed by atoms with Gasteiger partial charge in [0.2, 0.25) is 0 Å². The number of rotatable bonds is 2. The average Bonchev–Trinajstić information content (AvgIpc) is 2.38. The first-order valence-corrected chi connectivity index (χ1v) is 4.17. The fourth-order valence-corrected chi connectivity index (χ4v) is 1.48. The molecule has 1 heteroatoms. The van der Waals surface area contributed by atoms with Gasteiger partial charge in [0.05, 0.1) is 6.10 Å². The molecule has 0 radical (unpaired) electrons. The fourth-order valence-electron chi connectivity index (χ4n) is 1.48. The van der Waals surface area contributed by atoms with Gasteiger partial charge in [-0.1, -0.05) is 31.2 Å². The molecule has 1 nitrogen and oxygen atoms in total. The van der Waals surface area contributed by atoms with Gasteiger partial charge in [0.15, 0.2) is 0 Å². The quantitative estimate of drug-likeness (QED) is 0.602. The minimum atomic E-state index is -0.314. The second-order valence-corrected chi connectivity index (χ2v) is 3.42. The van der Waals surface area contributed by atoms with Gasteiger partial charge in [0.25, 0.3) is 0 Å². The number of hydrogen-bond acceptors (Lipinski definition) is 1. The maximum atomic E-state index is 9.67. The van der Waals surface area contributed by atoms with Crippen molar-refractivity contribution in [1.29, 1.82) is 0 Å². The summed E-state index contributed by atoms with van der Waals surface area (Å²) in [7, 11) is 0. The van der Waals surface area contributed by atoms with Crippen LogP contribution in [0.4, 0.5) is 0 Å². The summed E-state index contributed by atoms with van der Waals surface area (Å²) in [4.78, 5) is 0. The Bertz CT molecular complexity index is 181. The van der Waals surface area contributed by atoms with E-state index < -0.39 is 0 Å². The van der Waals surface area contributed by atoms with E-state index in [1.165, 1.54) is 0 Å². The van der Waals surface area contributed by atoms with Crippen molar-refractivity contribution in [2.45, 2.75) is 32.8 Å². The van der Waals surface area contributed by atoms with Gasteiger partial charge in [-0.15, -0.1) is 0 Å². The Morgan fingerprint density at radius 3 is 2.82 bits per heavy atom. The molecule has 0 spiro atoms. The van der Waals surface area contributed by atoms with Crippen LogP contribution in [0.2, 0.25) is 0 Å². The molecule has 0 saturated carbocycles. The van der Waals surface area contributed by atoms with Gasteiger partial charge >= 0.3 is 0 Å². The van der Waals surface area contributed by atoms with Crippen molar-refractivity contribution < 1.29 is 5.11 Å². The van der Waals surface area contributed by atoms with Crippen molar-refractivity contribution in [3.05, 3.63) is 24.3 Å². The van der Waals surface area contributed by atoms with Crippen molar-refractivity contribution in [2.24, 2.45) is 5.41 Å². The van der Waals surface area contributed by atoms with Gasteiger partial charge in [-0.3, -0.25) is 0 Å². The summed E-state index contributed by atoms with van der Waals surface area (Å²) in [5.74, 6) is 0. The van der Waals surface area contributed by atoms with E-state index in [2.05, 4.69) is 19.1 Å². The van der Waals surface area contributed by atoms with Crippen LogP contribution < -0.4 is 0 Å². The van der Waals surface area contributed by atoms with E-state index in [0.717, 1.165) is 12.8 Å². The maximum absolute atomic E-state index is 9.67. The molecule has 0 saturated heterocycles. The van der Waals surface area contributed by atoms with Crippen molar-refractivity contribution in [3.8, 4) is 0 Å². The summed E-state index contributed by atoms with van der Waals surface area (Å²) in [5.41, 5.74) is -0.00743. The van der Waals surface area contributed by atoms with Crippen molar-refractivity contribution >= 4 is 0 Å². The highest BCUT2D eigenvalue weighted by atomic mass is 16.3. The van der Waals surface area contributed by atoms with E-state index in [9.17, 15) is 5.11 Å². The zero-order valence-corrected chi connectivity index (χ0v) is 7.25. The minimum Gasteiger partial charge on any atom is -0.388 e. The SMILES string of the molecule is C/C=C/C(O)C1(C)C=CCC1. The molecular weight excluding hydrogens is 136 g/mol. The molecule has 62 valence electrons. The second-order valence-electron chi connectivity index (χ2n) is 3.42. The number of aliphatic hydroxyl groups is 1. The standard InChI is InChI=1S/C10H16O/c1-3-6-9(11)10(2)7-4-5-8-10/h3-4,6-7,9,11H,5,8H2,1-2H3/b6-3+. The summed E-state index contributed by atoms with van der Waals surface area (Å²) in [6.07, 6.45) is 9.89. The Morgan fingerprint density at radius 2 is 2.36 bits per heavy atom. The number of aliphatic hydroxyl groups excluding tert-OH is 1. The second kappa shape index (κ2) is 3.22. The molecule has 0 aromatic rings. The highest BCUT2D eigenvalue weighted by Gasteiger charge is 2.30. The summed E-state index contributed by atoms with van der Waals surface area (Å²) in [5, 5.41) is 9.67. The van der Waals surface area contributed by atoms with Gasteiger partial charge in [0.1, 0.15) is 0 Å². The molecule has 0 fully saturated rings. The monoisotopic (exact) mass is 152 g/mol. The van der Waals surface area contributed by atoms with Crippen molar-refractivity contribution in [1.82, 2.24) is 0 Å². The maximum Gasteiger partial charge on any atom is 0.0808 e. The Hall–Kier alpha value is -0.560. The Balaban J connectivity index is 2.64. The normalized spacial score (nSPS) is 33.4.